The molecule has 0 radical (unpaired) electrons. The molecule has 0 aliphatic heterocycles. The van der Waals surface area contributed by atoms with E-state index in [1.165, 1.54) is 0 Å². The van der Waals surface area contributed by atoms with Crippen molar-refractivity contribution in [2.24, 2.45) is 0 Å². The molecule has 0 spiro atoms. The standard InChI is InChI=1S/C12H17N5S/c1-4-9-16-10(13-3)7-11(17-9)15-8(2)12-14-5-6-18-12/h5-8H,4H2,1-3H3,(H2,13,15,16,17). The summed E-state index contributed by atoms with van der Waals surface area (Å²) in [6.45, 7) is 4.12. The highest BCUT2D eigenvalue weighted by molar-refractivity contribution is 7.09. The molecule has 5 nitrogen and oxygen atoms in total. The second-order valence-electron chi connectivity index (χ2n) is 3.89. The van der Waals surface area contributed by atoms with Gasteiger partial charge in [0.1, 0.15) is 22.5 Å². The van der Waals surface area contributed by atoms with Crippen molar-refractivity contribution in [2.75, 3.05) is 17.7 Å². The van der Waals surface area contributed by atoms with Crippen LogP contribution in [0.25, 0.3) is 0 Å². The lowest BCUT2D eigenvalue weighted by atomic mass is 10.3. The zero-order valence-corrected chi connectivity index (χ0v) is 11.6. The van der Waals surface area contributed by atoms with Gasteiger partial charge in [0.05, 0.1) is 6.04 Å². The third-order valence-corrected chi connectivity index (χ3v) is 3.49. The van der Waals surface area contributed by atoms with E-state index in [1.807, 2.05) is 31.6 Å². The molecule has 2 rings (SSSR count). The van der Waals surface area contributed by atoms with Gasteiger partial charge >= 0.3 is 0 Å². The summed E-state index contributed by atoms with van der Waals surface area (Å²) < 4.78 is 0. The highest BCUT2D eigenvalue weighted by atomic mass is 32.1. The summed E-state index contributed by atoms with van der Waals surface area (Å²) in [5, 5.41) is 9.43. The maximum Gasteiger partial charge on any atom is 0.132 e. The first-order valence-corrected chi connectivity index (χ1v) is 6.82. The van der Waals surface area contributed by atoms with Crippen molar-refractivity contribution in [1.82, 2.24) is 15.0 Å². The van der Waals surface area contributed by atoms with Crippen molar-refractivity contribution >= 4 is 23.0 Å². The Balaban J connectivity index is 2.17. The molecule has 96 valence electrons. The Morgan fingerprint density at radius 1 is 1.33 bits per heavy atom. The van der Waals surface area contributed by atoms with Crippen LogP contribution in [0.3, 0.4) is 0 Å². The van der Waals surface area contributed by atoms with Crippen molar-refractivity contribution in [1.29, 1.82) is 0 Å². The fourth-order valence-electron chi connectivity index (χ4n) is 1.59. The molecule has 1 unspecified atom stereocenters. The Morgan fingerprint density at radius 2 is 2.11 bits per heavy atom. The third kappa shape index (κ3) is 2.95. The second-order valence-corrected chi connectivity index (χ2v) is 4.82. The Morgan fingerprint density at radius 3 is 2.72 bits per heavy atom. The van der Waals surface area contributed by atoms with Gasteiger partial charge in [-0.3, -0.25) is 0 Å². The van der Waals surface area contributed by atoms with Gasteiger partial charge in [0.15, 0.2) is 0 Å². The van der Waals surface area contributed by atoms with Gasteiger partial charge in [-0.25, -0.2) is 15.0 Å². The van der Waals surface area contributed by atoms with Gasteiger partial charge in [-0.05, 0) is 6.92 Å². The van der Waals surface area contributed by atoms with Crippen LogP contribution in [-0.2, 0) is 6.42 Å². The minimum absolute atomic E-state index is 0.148. The molecule has 18 heavy (non-hydrogen) atoms. The molecule has 1 atom stereocenters. The van der Waals surface area contributed by atoms with Gasteiger partial charge < -0.3 is 10.6 Å². The molecule has 2 aromatic heterocycles. The van der Waals surface area contributed by atoms with E-state index in [4.69, 9.17) is 0 Å². The van der Waals surface area contributed by atoms with E-state index in [0.29, 0.717) is 0 Å². The quantitative estimate of drug-likeness (QED) is 0.868. The number of nitrogens with one attached hydrogen (secondary N) is 2. The zero-order valence-electron chi connectivity index (χ0n) is 10.8. The molecule has 0 fully saturated rings. The predicted octanol–water partition coefficient (Wildman–Crippen LogP) is 2.71. The molecule has 2 aromatic rings. The second kappa shape index (κ2) is 5.77. The summed E-state index contributed by atoms with van der Waals surface area (Å²) in [4.78, 5) is 13.1. The van der Waals surface area contributed by atoms with Crippen LogP contribution < -0.4 is 10.6 Å². The van der Waals surface area contributed by atoms with Crippen LogP contribution in [0.5, 0.6) is 0 Å². The molecule has 2 heterocycles. The predicted molar refractivity (Wildman–Crippen MR) is 75.1 cm³/mol. The van der Waals surface area contributed by atoms with Crippen LogP contribution >= 0.6 is 11.3 Å². The van der Waals surface area contributed by atoms with Crippen LogP contribution in [0.4, 0.5) is 11.6 Å². The number of nitrogens with zero attached hydrogens (tertiary/aromatic N) is 3. The molecule has 0 amide bonds. The summed E-state index contributed by atoms with van der Waals surface area (Å²) >= 11 is 1.64. The molecule has 0 aliphatic carbocycles. The first-order chi connectivity index (χ1) is 8.72. The molecular weight excluding hydrogens is 246 g/mol. The smallest absolute Gasteiger partial charge is 0.132 e. The zero-order chi connectivity index (χ0) is 13.0. The van der Waals surface area contributed by atoms with Gasteiger partial charge in [-0.15, -0.1) is 11.3 Å². The van der Waals surface area contributed by atoms with Gasteiger partial charge in [-0.2, -0.15) is 0 Å². The van der Waals surface area contributed by atoms with Crippen molar-refractivity contribution in [3.05, 3.63) is 28.5 Å². The summed E-state index contributed by atoms with van der Waals surface area (Å²) in [7, 11) is 1.86. The van der Waals surface area contributed by atoms with E-state index < -0.39 is 0 Å². The van der Waals surface area contributed by atoms with Crippen molar-refractivity contribution in [3.8, 4) is 0 Å². The first-order valence-electron chi connectivity index (χ1n) is 5.94. The third-order valence-electron chi connectivity index (χ3n) is 2.53. The minimum Gasteiger partial charge on any atom is -0.373 e. The van der Waals surface area contributed by atoms with Crippen LogP contribution in [0.2, 0.25) is 0 Å². The van der Waals surface area contributed by atoms with Crippen molar-refractivity contribution < 1.29 is 0 Å². The van der Waals surface area contributed by atoms with Crippen LogP contribution in [-0.4, -0.2) is 22.0 Å². The van der Waals surface area contributed by atoms with Gasteiger partial charge in [0.25, 0.3) is 0 Å². The summed E-state index contributed by atoms with van der Waals surface area (Å²) in [6, 6.07) is 2.05. The van der Waals surface area contributed by atoms with E-state index in [-0.39, 0.29) is 6.04 Å². The molecule has 2 N–H and O–H groups in total. The molecule has 6 heteroatoms. The number of aryl methyl sites for hydroxylation is 1. The average molecular weight is 263 g/mol. The molecule has 0 aliphatic rings. The van der Waals surface area contributed by atoms with Crippen molar-refractivity contribution in [2.45, 2.75) is 26.3 Å². The fraction of sp³-hybridized carbons (Fsp3) is 0.417. The van der Waals surface area contributed by atoms with Crippen LogP contribution in [0, 0.1) is 0 Å². The largest absolute Gasteiger partial charge is 0.373 e. The maximum atomic E-state index is 4.46. The number of hydrogen-bond acceptors (Lipinski definition) is 6. The Bertz CT molecular complexity index is 475. The summed E-state index contributed by atoms with van der Waals surface area (Å²) in [5.74, 6) is 2.49. The lowest BCUT2D eigenvalue weighted by molar-refractivity contribution is 0.847. The topological polar surface area (TPSA) is 62.7 Å². The maximum absolute atomic E-state index is 4.46. The van der Waals surface area contributed by atoms with Crippen LogP contribution in [0.15, 0.2) is 17.6 Å². The van der Waals surface area contributed by atoms with E-state index in [1.54, 1.807) is 11.3 Å². The summed E-state index contributed by atoms with van der Waals surface area (Å²) in [5.41, 5.74) is 0. The highest BCUT2D eigenvalue weighted by Crippen LogP contribution is 2.21. The Labute approximate surface area is 111 Å². The molecule has 0 saturated carbocycles. The van der Waals surface area contributed by atoms with E-state index in [2.05, 4.69) is 32.5 Å². The first kappa shape index (κ1) is 12.8. The van der Waals surface area contributed by atoms with E-state index >= 15 is 0 Å². The number of rotatable bonds is 5. The van der Waals surface area contributed by atoms with Crippen molar-refractivity contribution in [3.63, 3.8) is 0 Å². The Hall–Kier alpha value is -1.69. The number of aromatic nitrogens is 3. The van der Waals surface area contributed by atoms with Gasteiger partial charge in [0.2, 0.25) is 0 Å². The van der Waals surface area contributed by atoms with Crippen LogP contribution in [0.1, 0.15) is 30.7 Å². The van der Waals surface area contributed by atoms with E-state index in [0.717, 1.165) is 28.9 Å². The fourth-order valence-corrected chi connectivity index (χ4v) is 2.24. The normalized spacial score (nSPS) is 12.2. The average Bonchev–Trinajstić information content (AvgIpc) is 2.92. The SMILES string of the molecule is CCc1nc(NC)cc(NC(C)c2nccs2)n1. The monoisotopic (exact) mass is 263 g/mol. The summed E-state index contributed by atoms with van der Waals surface area (Å²) in [6.07, 6.45) is 2.63. The molecule has 0 aromatic carbocycles. The van der Waals surface area contributed by atoms with Gasteiger partial charge in [-0.1, -0.05) is 6.92 Å². The number of hydrogen-bond donors (Lipinski definition) is 2. The lowest BCUT2D eigenvalue weighted by Crippen LogP contribution is -2.10. The van der Waals surface area contributed by atoms with Gasteiger partial charge in [0, 0.05) is 31.1 Å². The molecule has 0 saturated heterocycles. The van der Waals surface area contributed by atoms with E-state index in [9.17, 15) is 0 Å². The highest BCUT2D eigenvalue weighted by Gasteiger charge is 2.10. The number of thiazole rings is 1. The molecular formula is C12H17N5S. The lowest BCUT2D eigenvalue weighted by Gasteiger charge is -2.13. The Kier molecular flexibility index (Phi) is 4.09. The molecule has 0 bridgehead atoms. The minimum atomic E-state index is 0.148. The number of anilines is 2.